The second-order valence-corrected chi connectivity index (χ2v) is 10.7. The molecule has 6 rings (SSSR count). The first-order valence-corrected chi connectivity index (χ1v) is 14.2. The van der Waals surface area contributed by atoms with Gasteiger partial charge in [-0.25, -0.2) is 4.68 Å². The largest absolute Gasteiger partial charge is 0.497 e. The molecule has 10 nitrogen and oxygen atoms in total. The lowest BCUT2D eigenvalue weighted by atomic mass is 9.95. The van der Waals surface area contributed by atoms with Gasteiger partial charge < -0.3 is 19.2 Å². The van der Waals surface area contributed by atoms with Crippen LogP contribution in [0.4, 0.5) is 0 Å². The van der Waals surface area contributed by atoms with Crippen molar-refractivity contribution in [3.05, 3.63) is 69.8 Å². The molecular formula is C30H36N6O4. The van der Waals surface area contributed by atoms with Gasteiger partial charge in [-0.15, -0.1) is 5.10 Å². The first-order valence-electron chi connectivity index (χ1n) is 14.2. The van der Waals surface area contributed by atoms with Gasteiger partial charge in [0.25, 0.3) is 5.56 Å². The highest BCUT2D eigenvalue weighted by molar-refractivity contribution is 5.83. The van der Waals surface area contributed by atoms with Crippen molar-refractivity contribution in [3.63, 3.8) is 0 Å². The first-order chi connectivity index (χ1) is 19.6. The monoisotopic (exact) mass is 544 g/mol. The Morgan fingerprint density at radius 3 is 2.52 bits per heavy atom. The molecule has 2 aromatic carbocycles. The zero-order chi connectivity index (χ0) is 27.5. The summed E-state index contributed by atoms with van der Waals surface area (Å²) in [7, 11) is 1.67. The number of aromatic nitrogens is 5. The average molecular weight is 545 g/mol. The summed E-state index contributed by atoms with van der Waals surface area (Å²) in [5.41, 5.74) is 2.40. The summed E-state index contributed by atoms with van der Waals surface area (Å²) >= 11 is 0. The molecule has 10 heteroatoms. The van der Waals surface area contributed by atoms with Crippen molar-refractivity contribution in [1.82, 2.24) is 30.1 Å². The fourth-order valence-electron chi connectivity index (χ4n) is 5.98. The number of hydrogen-bond donors (Lipinski definition) is 1. The molecule has 40 heavy (non-hydrogen) atoms. The highest BCUT2D eigenvalue weighted by atomic mass is 16.6. The van der Waals surface area contributed by atoms with Crippen LogP contribution in [0.2, 0.25) is 0 Å². The quantitative estimate of drug-likeness (QED) is 0.315. The summed E-state index contributed by atoms with van der Waals surface area (Å²) in [4.78, 5) is 18.7. The molecule has 0 spiro atoms. The van der Waals surface area contributed by atoms with Gasteiger partial charge in [-0.05, 0) is 59.5 Å². The van der Waals surface area contributed by atoms with Crippen molar-refractivity contribution in [2.75, 3.05) is 20.3 Å². The van der Waals surface area contributed by atoms with E-state index >= 15 is 0 Å². The van der Waals surface area contributed by atoms with Gasteiger partial charge in [0.2, 0.25) is 0 Å². The predicted octanol–water partition coefficient (Wildman–Crippen LogP) is 4.95. The minimum Gasteiger partial charge on any atom is -0.497 e. The maximum absolute atomic E-state index is 13.4. The van der Waals surface area contributed by atoms with Crippen LogP contribution in [-0.4, -0.2) is 50.4 Å². The second kappa shape index (κ2) is 11.7. The summed E-state index contributed by atoms with van der Waals surface area (Å²) in [5.74, 6) is 3.03. The van der Waals surface area contributed by atoms with Crippen LogP contribution in [-0.2, 0) is 13.1 Å². The van der Waals surface area contributed by atoms with Gasteiger partial charge in [0.05, 0.1) is 24.7 Å². The molecule has 2 aliphatic rings. The highest BCUT2D eigenvalue weighted by Crippen LogP contribution is 2.35. The van der Waals surface area contributed by atoms with E-state index in [-0.39, 0.29) is 11.6 Å². The molecule has 0 saturated heterocycles. The Morgan fingerprint density at radius 1 is 1.05 bits per heavy atom. The molecule has 0 amide bonds. The lowest BCUT2D eigenvalue weighted by molar-refractivity contribution is 0.155. The number of methoxy groups -OCH3 is 1. The molecule has 1 aliphatic heterocycles. The van der Waals surface area contributed by atoms with E-state index in [0.29, 0.717) is 49.4 Å². The second-order valence-electron chi connectivity index (χ2n) is 10.7. The predicted molar refractivity (Wildman–Crippen MR) is 151 cm³/mol. The maximum Gasteiger partial charge on any atom is 0.252 e. The van der Waals surface area contributed by atoms with Crippen molar-refractivity contribution in [2.45, 2.75) is 70.6 Å². The minimum absolute atomic E-state index is 0.0746. The smallest absolute Gasteiger partial charge is 0.252 e. The van der Waals surface area contributed by atoms with Crippen molar-refractivity contribution in [2.24, 2.45) is 0 Å². The van der Waals surface area contributed by atoms with Gasteiger partial charge in [-0.1, -0.05) is 38.3 Å². The lowest BCUT2D eigenvalue weighted by Crippen LogP contribution is -2.33. The number of nitrogens with one attached hydrogen (secondary N) is 1. The lowest BCUT2D eigenvalue weighted by Gasteiger charge is -2.32. The summed E-state index contributed by atoms with van der Waals surface area (Å²) in [6.07, 6.45) is 6.64. The van der Waals surface area contributed by atoms with Crippen LogP contribution >= 0.6 is 0 Å². The molecule has 4 aromatic rings. The number of ether oxygens (including phenoxy) is 3. The number of H-pyrrole nitrogens is 1. The number of aromatic amines is 1. The third-order valence-corrected chi connectivity index (χ3v) is 8.07. The van der Waals surface area contributed by atoms with E-state index in [1.165, 1.54) is 19.3 Å². The molecule has 3 heterocycles. The number of rotatable bonds is 9. The third-order valence-electron chi connectivity index (χ3n) is 8.07. The van der Waals surface area contributed by atoms with Crippen LogP contribution in [0.3, 0.4) is 0 Å². The molecule has 1 fully saturated rings. The molecule has 0 bridgehead atoms. The SMILES string of the molecule is CC[C@H](c1nnnn1C1CCCCC1)N(Cc1ccc(OC)cc1)Cc1cc2cc3c(cc2[nH]c1=O)OCCO3. The van der Waals surface area contributed by atoms with E-state index in [0.717, 1.165) is 47.3 Å². The summed E-state index contributed by atoms with van der Waals surface area (Å²) in [5, 5.41) is 14.0. The normalized spacial score (nSPS) is 16.4. The number of pyridine rings is 1. The molecule has 1 saturated carbocycles. The highest BCUT2D eigenvalue weighted by Gasteiger charge is 2.29. The molecule has 0 unspecified atom stereocenters. The van der Waals surface area contributed by atoms with Crippen LogP contribution in [0.25, 0.3) is 10.9 Å². The first kappa shape index (κ1) is 26.3. The Hall–Kier alpha value is -3.92. The third kappa shape index (κ3) is 5.40. The Bertz CT molecular complexity index is 1510. The van der Waals surface area contributed by atoms with E-state index in [9.17, 15) is 4.79 Å². The minimum atomic E-state index is -0.120. The molecule has 1 N–H and O–H groups in total. The zero-order valence-corrected chi connectivity index (χ0v) is 23.1. The Labute approximate surface area is 233 Å². The topological polar surface area (TPSA) is 107 Å². The van der Waals surface area contributed by atoms with Gasteiger partial charge in [0.15, 0.2) is 17.3 Å². The van der Waals surface area contributed by atoms with Crippen LogP contribution < -0.4 is 19.8 Å². The molecular weight excluding hydrogens is 508 g/mol. The van der Waals surface area contributed by atoms with Crippen molar-refractivity contribution >= 4 is 10.9 Å². The molecule has 1 atom stereocenters. The van der Waals surface area contributed by atoms with E-state index in [4.69, 9.17) is 14.2 Å². The Morgan fingerprint density at radius 2 is 1.80 bits per heavy atom. The number of tetrazole rings is 1. The van der Waals surface area contributed by atoms with Gasteiger partial charge in [0.1, 0.15) is 19.0 Å². The van der Waals surface area contributed by atoms with Gasteiger partial charge in [0, 0.05) is 30.1 Å². The number of fused-ring (bicyclic) bond motifs is 2. The Kier molecular flexibility index (Phi) is 7.68. The van der Waals surface area contributed by atoms with Gasteiger partial charge in [-0.2, -0.15) is 0 Å². The number of hydrogen-bond acceptors (Lipinski definition) is 8. The van der Waals surface area contributed by atoms with E-state index in [2.05, 4.69) is 44.5 Å². The maximum atomic E-state index is 13.4. The van der Waals surface area contributed by atoms with Gasteiger partial charge in [-0.3, -0.25) is 9.69 Å². The van der Waals surface area contributed by atoms with Crippen molar-refractivity contribution in [1.29, 1.82) is 0 Å². The van der Waals surface area contributed by atoms with Crippen LogP contribution in [0.5, 0.6) is 17.2 Å². The fraction of sp³-hybridized carbons (Fsp3) is 0.467. The van der Waals surface area contributed by atoms with Crippen molar-refractivity contribution in [3.8, 4) is 17.2 Å². The fourth-order valence-corrected chi connectivity index (χ4v) is 5.98. The summed E-state index contributed by atoms with van der Waals surface area (Å²) in [6.45, 7) is 4.22. The van der Waals surface area contributed by atoms with Crippen LogP contribution in [0.15, 0.2) is 47.3 Å². The number of nitrogens with zero attached hydrogens (tertiary/aromatic N) is 5. The van der Waals surface area contributed by atoms with E-state index in [1.54, 1.807) is 7.11 Å². The number of benzene rings is 2. The van der Waals surface area contributed by atoms with Gasteiger partial charge >= 0.3 is 0 Å². The standard InChI is InChI=1S/C30H36N6O4/c1-3-26(29-32-33-34-36(29)23-7-5-4-6-8-23)35(18-20-9-11-24(38-2)12-10-20)19-22-15-21-16-27-28(40-14-13-39-27)17-25(21)31-30(22)37/h9-12,15-17,23,26H,3-8,13-14,18-19H2,1-2H3,(H,31,37)/t26-/m1/s1. The van der Waals surface area contributed by atoms with Crippen LogP contribution in [0.1, 0.15) is 74.5 Å². The Balaban J connectivity index is 1.37. The molecule has 210 valence electrons. The molecule has 0 radical (unpaired) electrons. The average Bonchev–Trinajstić information content (AvgIpc) is 3.47. The van der Waals surface area contributed by atoms with Crippen molar-refractivity contribution < 1.29 is 14.2 Å². The van der Waals surface area contributed by atoms with Crippen LogP contribution in [0, 0.1) is 0 Å². The zero-order valence-electron chi connectivity index (χ0n) is 23.1. The molecule has 2 aromatic heterocycles. The molecule has 1 aliphatic carbocycles. The summed E-state index contributed by atoms with van der Waals surface area (Å²) in [6, 6.07) is 14.1. The van der Waals surface area contributed by atoms with E-state index in [1.807, 2.05) is 35.0 Å². The summed E-state index contributed by atoms with van der Waals surface area (Å²) < 4.78 is 18.9. The van der Waals surface area contributed by atoms with E-state index < -0.39 is 0 Å².